The summed E-state index contributed by atoms with van der Waals surface area (Å²) < 4.78 is 0. The fraction of sp³-hybridized carbons (Fsp3) is 0.600. The van der Waals surface area contributed by atoms with Gasteiger partial charge in [-0.2, -0.15) is 0 Å². The number of hydrogen-bond acceptors (Lipinski definition) is 2. The lowest BCUT2D eigenvalue weighted by molar-refractivity contribution is -0.116. The Bertz CT molecular complexity index is 570. The van der Waals surface area contributed by atoms with Crippen molar-refractivity contribution in [1.29, 1.82) is 0 Å². The molecule has 1 fully saturated rings. The molecule has 1 saturated carbocycles. The smallest absolute Gasteiger partial charge is 0.224 e. The number of nitrogens with one attached hydrogen (secondary N) is 3. The zero-order valence-corrected chi connectivity index (χ0v) is 15.8. The van der Waals surface area contributed by atoms with Crippen LogP contribution in [-0.4, -0.2) is 25.5 Å². The second-order valence-corrected chi connectivity index (χ2v) is 6.98. The van der Waals surface area contributed by atoms with Gasteiger partial charge in [0.25, 0.3) is 0 Å². The lowest BCUT2D eigenvalue weighted by atomic mass is 9.67. The lowest BCUT2D eigenvalue weighted by Gasteiger charge is -2.41. The van der Waals surface area contributed by atoms with E-state index in [0.29, 0.717) is 18.4 Å². The number of rotatable bonds is 8. The van der Waals surface area contributed by atoms with Crippen molar-refractivity contribution in [1.82, 2.24) is 10.6 Å². The third kappa shape index (κ3) is 5.76. The molecule has 1 aliphatic rings. The molecule has 138 valence electrons. The summed E-state index contributed by atoms with van der Waals surface area (Å²) in [6, 6.07) is 7.95. The van der Waals surface area contributed by atoms with E-state index in [9.17, 15) is 4.79 Å². The Balaban J connectivity index is 1.78. The van der Waals surface area contributed by atoms with Crippen LogP contribution in [0.5, 0.6) is 0 Å². The minimum absolute atomic E-state index is 0.0684. The highest BCUT2D eigenvalue weighted by molar-refractivity contribution is 5.90. The van der Waals surface area contributed by atoms with E-state index in [4.69, 9.17) is 0 Å². The summed E-state index contributed by atoms with van der Waals surface area (Å²) in [6.07, 6.45) is 6.63. The van der Waals surface area contributed by atoms with Crippen LogP contribution in [-0.2, 0) is 11.3 Å². The number of hydrogen-bond donors (Lipinski definition) is 3. The highest BCUT2D eigenvalue weighted by atomic mass is 16.1. The standard InChI is InChI=1S/C20H32N4O/c1-4-7-18(25)24-17-10-8-16(9-11-17)14-22-19(21-3)23-15-20(5-2)12-6-13-20/h8-11H,4-7,12-15H2,1-3H3,(H,24,25)(H2,21,22,23). The molecule has 1 aliphatic carbocycles. The van der Waals surface area contributed by atoms with Crippen LogP contribution in [0, 0.1) is 5.41 Å². The van der Waals surface area contributed by atoms with Crippen LogP contribution in [0.3, 0.4) is 0 Å². The Kier molecular flexibility index (Phi) is 7.29. The highest BCUT2D eigenvalue weighted by Gasteiger charge is 2.34. The fourth-order valence-corrected chi connectivity index (χ4v) is 3.17. The SMILES string of the molecule is CCCC(=O)Nc1ccc(CNC(=NC)NCC2(CC)CCC2)cc1. The predicted octanol–water partition coefficient (Wildman–Crippen LogP) is 3.67. The Hall–Kier alpha value is -2.04. The van der Waals surface area contributed by atoms with E-state index in [1.165, 1.54) is 25.7 Å². The first-order chi connectivity index (χ1) is 12.1. The summed E-state index contributed by atoms with van der Waals surface area (Å²) in [5.41, 5.74) is 2.47. The molecule has 1 aromatic carbocycles. The molecular weight excluding hydrogens is 312 g/mol. The van der Waals surface area contributed by atoms with Crippen molar-refractivity contribution in [3.8, 4) is 0 Å². The molecule has 0 radical (unpaired) electrons. The first-order valence-electron chi connectivity index (χ1n) is 9.44. The summed E-state index contributed by atoms with van der Waals surface area (Å²) in [4.78, 5) is 15.9. The number of amides is 1. The summed E-state index contributed by atoms with van der Waals surface area (Å²) in [5, 5.41) is 9.74. The molecule has 1 aromatic rings. The lowest BCUT2D eigenvalue weighted by Crippen LogP contribution is -2.46. The van der Waals surface area contributed by atoms with Crippen molar-refractivity contribution in [2.24, 2.45) is 10.4 Å². The molecule has 0 unspecified atom stereocenters. The van der Waals surface area contributed by atoms with Crippen molar-refractivity contribution in [3.05, 3.63) is 29.8 Å². The first-order valence-corrected chi connectivity index (χ1v) is 9.44. The maximum Gasteiger partial charge on any atom is 0.224 e. The van der Waals surface area contributed by atoms with Crippen molar-refractivity contribution in [2.45, 2.75) is 58.9 Å². The summed E-state index contributed by atoms with van der Waals surface area (Å²) in [7, 11) is 1.81. The monoisotopic (exact) mass is 344 g/mol. The zero-order valence-electron chi connectivity index (χ0n) is 15.8. The van der Waals surface area contributed by atoms with Crippen molar-refractivity contribution < 1.29 is 4.79 Å². The van der Waals surface area contributed by atoms with Gasteiger partial charge in [-0.25, -0.2) is 0 Å². The predicted molar refractivity (Wildman–Crippen MR) is 105 cm³/mol. The molecule has 0 bridgehead atoms. The molecule has 0 heterocycles. The molecular formula is C20H32N4O. The normalized spacial score (nSPS) is 16.0. The van der Waals surface area contributed by atoms with Gasteiger partial charge in [0.15, 0.2) is 5.96 Å². The molecule has 1 amide bonds. The van der Waals surface area contributed by atoms with Crippen LogP contribution < -0.4 is 16.0 Å². The number of carbonyl (C=O) groups excluding carboxylic acids is 1. The van der Waals surface area contributed by atoms with Crippen LogP contribution in [0.4, 0.5) is 5.69 Å². The summed E-state index contributed by atoms with van der Waals surface area (Å²) in [6.45, 7) is 5.98. The largest absolute Gasteiger partial charge is 0.356 e. The van der Waals surface area contributed by atoms with Gasteiger partial charge in [0.1, 0.15) is 0 Å². The third-order valence-corrected chi connectivity index (χ3v) is 5.19. The van der Waals surface area contributed by atoms with E-state index in [2.05, 4.69) is 27.9 Å². The van der Waals surface area contributed by atoms with E-state index >= 15 is 0 Å². The first kappa shape index (κ1) is 19.3. The van der Waals surface area contributed by atoms with Gasteiger partial charge in [-0.15, -0.1) is 0 Å². The Morgan fingerprint density at radius 3 is 2.40 bits per heavy atom. The zero-order chi connectivity index (χ0) is 18.1. The average Bonchev–Trinajstić information content (AvgIpc) is 2.58. The average molecular weight is 345 g/mol. The van der Waals surface area contributed by atoms with Gasteiger partial charge < -0.3 is 16.0 Å². The van der Waals surface area contributed by atoms with Crippen molar-refractivity contribution >= 4 is 17.6 Å². The molecule has 3 N–H and O–H groups in total. The van der Waals surface area contributed by atoms with Gasteiger partial charge in [0, 0.05) is 32.2 Å². The number of carbonyl (C=O) groups is 1. The van der Waals surface area contributed by atoms with Crippen molar-refractivity contribution in [3.63, 3.8) is 0 Å². The van der Waals surface area contributed by atoms with E-state index in [1.807, 2.05) is 31.2 Å². The van der Waals surface area contributed by atoms with Crippen molar-refractivity contribution in [2.75, 3.05) is 18.9 Å². The molecule has 25 heavy (non-hydrogen) atoms. The van der Waals surface area contributed by atoms with Crippen LogP contribution in [0.2, 0.25) is 0 Å². The summed E-state index contributed by atoms with van der Waals surface area (Å²) >= 11 is 0. The van der Waals surface area contributed by atoms with E-state index in [-0.39, 0.29) is 5.91 Å². The fourth-order valence-electron chi connectivity index (χ4n) is 3.17. The Morgan fingerprint density at radius 1 is 1.16 bits per heavy atom. The third-order valence-electron chi connectivity index (χ3n) is 5.19. The van der Waals surface area contributed by atoms with Crippen LogP contribution >= 0.6 is 0 Å². The molecule has 0 saturated heterocycles. The number of benzene rings is 1. The number of anilines is 1. The Labute approximate surface area is 151 Å². The van der Waals surface area contributed by atoms with Crippen LogP contribution in [0.1, 0.15) is 57.9 Å². The summed E-state index contributed by atoms with van der Waals surface area (Å²) in [5.74, 6) is 0.916. The second-order valence-electron chi connectivity index (χ2n) is 6.98. The van der Waals surface area contributed by atoms with Gasteiger partial charge in [-0.3, -0.25) is 9.79 Å². The Morgan fingerprint density at radius 2 is 1.88 bits per heavy atom. The number of aliphatic imine (C=N–C) groups is 1. The number of guanidine groups is 1. The maximum atomic E-state index is 11.6. The minimum atomic E-state index is 0.0684. The minimum Gasteiger partial charge on any atom is -0.356 e. The molecule has 0 aliphatic heterocycles. The van der Waals surface area contributed by atoms with Crippen LogP contribution in [0.15, 0.2) is 29.3 Å². The van der Waals surface area contributed by atoms with Gasteiger partial charge in [-0.05, 0) is 48.8 Å². The molecule has 2 rings (SSSR count). The molecule has 0 spiro atoms. The topological polar surface area (TPSA) is 65.5 Å². The van der Waals surface area contributed by atoms with Gasteiger partial charge >= 0.3 is 0 Å². The molecule has 5 heteroatoms. The highest BCUT2D eigenvalue weighted by Crippen LogP contribution is 2.42. The van der Waals surface area contributed by atoms with E-state index in [0.717, 1.165) is 30.2 Å². The molecule has 0 aromatic heterocycles. The van der Waals surface area contributed by atoms with Gasteiger partial charge in [-0.1, -0.05) is 32.4 Å². The quantitative estimate of drug-likeness (QED) is 0.498. The molecule has 0 atom stereocenters. The second kappa shape index (κ2) is 9.44. The van der Waals surface area contributed by atoms with E-state index < -0.39 is 0 Å². The van der Waals surface area contributed by atoms with Gasteiger partial charge in [0.05, 0.1) is 0 Å². The number of nitrogens with zero attached hydrogens (tertiary/aromatic N) is 1. The van der Waals surface area contributed by atoms with Crippen LogP contribution in [0.25, 0.3) is 0 Å². The van der Waals surface area contributed by atoms with E-state index in [1.54, 1.807) is 7.05 Å². The molecule has 5 nitrogen and oxygen atoms in total. The van der Waals surface area contributed by atoms with Gasteiger partial charge in [0.2, 0.25) is 5.91 Å². The maximum absolute atomic E-state index is 11.6.